The highest BCUT2D eigenvalue weighted by Gasteiger charge is 2.25. The van der Waals surface area contributed by atoms with Crippen LogP contribution in [0.4, 0.5) is 0 Å². The van der Waals surface area contributed by atoms with Crippen LogP contribution in [0.15, 0.2) is 45.4 Å². The van der Waals surface area contributed by atoms with Crippen molar-refractivity contribution in [3.05, 3.63) is 45.4 Å². The molecule has 0 spiro atoms. The molecule has 0 aromatic rings. The van der Waals surface area contributed by atoms with E-state index in [9.17, 15) is 0 Å². The molecule has 2 atom stereocenters. The normalized spacial score (nSPS) is 33.4. The fourth-order valence-electron chi connectivity index (χ4n) is 1.83. The molecule has 0 fully saturated rings. The zero-order chi connectivity index (χ0) is 12.6. The molecule has 0 N–H and O–H groups in total. The lowest BCUT2D eigenvalue weighted by Gasteiger charge is -2.14. The van der Waals surface area contributed by atoms with E-state index in [4.69, 9.17) is 11.6 Å². The molecule has 0 saturated heterocycles. The molecule has 0 nitrogen and oxygen atoms in total. The van der Waals surface area contributed by atoms with Crippen LogP contribution < -0.4 is 0 Å². The molecule has 0 aromatic heterocycles. The highest BCUT2D eigenvalue weighted by Crippen LogP contribution is 2.41. The summed E-state index contributed by atoms with van der Waals surface area (Å²) in [6, 6.07) is 0. The van der Waals surface area contributed by atoms with Crippen molar-refractivity contribution >= 4 is 23.4 Å². The van der Waals surface area contributed by atoms with E-state index < -0.39 is 0 Å². The first-order valence-electron chi connectivity index (χ1n) is 5.59. The Kier molecular flexibility index (Phi) is 3.56. The fraction of sp³-hybridized carbons (Fsp3) is 0.333. The van der Waals surface area contributed by atoms with Gasteiger partial charge in [-0.3, -0.25) is 0 Å². The van der Waals surface area contributed by atoms with Gasteiger partial charge < -0.3 is 0 Å². The molecule has 2 rings (SSSR count). The summed E-state index contributed by atoms with van der Waals surface area (Å²) in [7, 11) is 0. The third kappa shape index (κ3) is 2.39. The Balaban J connectivity index is 2.61. The van der Waals surface area contributed by atoms with Crippen molar-refractivity contribution in [3.8, 4) is 11.8 Å². The molecule has 2 heteroatoms. The minimum atomic E-state index is 0.0326. The van der Waals surface area contributed by atoms with Crippen molar-refractivity contribution in [3.63, 3.8) is 0 Å². The van der Waals surface area contributed by atoms with Crippen LogP contribution in [0.2, 0.25) is 0 Å². The van der Waals surface area contributed by atoms with Crippen LogP contribution in [-0.2, 0) is 0 Å². The Bertz CT molecular complexity index is 523. The molecule has 2 aliphatic rings. The molecule has 1 aliphatic carbocycles. The molecule has 0 aromatic carbocycles. The lowest BCUT2D eigenvalue weighted by Crippen LogP contribution is -2.02. The van der Waals surface area contributed by atoms with Crippen molar-refractivity contribution in [2.45, 2.75) is 26.0 Å². The van der Waals surface area contributed by atoms with Crippen molar-refractivity contribution in [2.75, 3.05) is 0 Å². The molecule has 1 aliphatic heterocycles. The zero-order valence-electron chi connectivity index (χ0n) is 10.3. The SMILES string of the molecule is C=C(C)C1=C(Cl)C2C#CC(S1)/C(C)=C\C=C/2C. The lowest BCUT2D eigenvalue weighted by molar-refractivity contribution is 0.975. The molecular weight excluding hydrogens is 248 g/mol. The first-order valence-corrected chi connectivity index (χ1v) is 6.84. The predicted octanol–water partition coefficient (Wildman–Crippen LogP) is 4.65. The second-order valence-corrected chi connectivity index (χ2v) is 6.02. The van der Waals surface area contributed by atoms with Crippen molar-refractivity contribution < 1.29 is 0 Å². The molecule has 2 bridgehead atoms. The maximum atomic E-state index is 6.49. The number of hydrogen-bond donors (Lipinski definition) is 0. The Labute approximate surface area is 113 Å². The van der Waals surface area contributed by atoms with Gasteiger partial charge in [-0.1, -0.05) is 47.7 Å². The third-order valence-electron chi connectivity index (χ3n) is 2.93. The molecule has 0 saturated carbocycles. The summed E-state index contributed by atoms with van der Waals surface area (Å²) in [4.78, 5) is 1.08. The Morgan fingerprint density at radius 2 is 1.94 bits per heavy atom. The standard InChI is InChI=1S/C15H15ClS/c1-9(2)15-14(16)12-7-8-13(17-15)11(4)6-5-10(12)3/h5-6,12-13H,1H2,2-4H3/b10-5-,11-6-. The quantitative estimate of drug-likeness (QED) is 0.620. The summed E-state index contributed by atoms with van der Waals surface area (Å²) in [5, 5.41) is 1.03. The fourth-order valence-corrected chi connectivity index (χ4v) is 3.41. The average Bonchev–Trinajstić information content (AvgIpc) is 2.42. The van der Waals surface area contributed by atoms with Crippen LogP contribution in [0.1, 0.15) is 20.8 Å². The van der Waals surface area contributed by atoms with E-state index in [1.807, 2.05) is 6.92 Å². The van der Waals surface area contributed by atoms with Gasteiger partial charge in [0.15, 0.2) is 0 Å². The number of rotatable bonds is 1. The van der Waals surface area contributed by atoms with Gasteiger partial charge in [0, 0.05) is 4.91 Å². The first kappa shape index (κ1) is 12.6. The van der Waals surface area contributed by atoms with Crippen LogP contribution in [0.25, 0.3) is 0 Å². The van der Waals surface area contributed by atoms with Gasteiger partial charge in [0.1, 0.15) is 0 Å². The van der Waals surface area contributed by atoms with Gasteiger partial charge in [-0.15, -0.1) is 11.8 Å². The van der Waals surface area contributed by atoms with Gasteiger partial charge in [-0.2, -0.15) is 0 Å². The predicted molar refractivity (Wildman–Crippen MR) is 77.9 cm³/mol. The summed E-state index contributed by atoms with van der Waals surface area (Å²) in [5.41, 5.74) is 3.48. The second-order valence-electron chi connectivity index (χ2n) is 4.50. The van der Waals surface area contributed by atoms with Crippen molar-refractivity contribution in [1.29, 1.82) is 0 Å². The average molecular weight is 263 g/mol. The molecule has 0 radical (unpaired) electrons. The van der Waals surface area contributed by atoms with Gasteiger partial charge in [0.2, 0.25) is 0 Å². The van der Waals surface area contributed by atoms with Crippen LogP contribution in [0.3, 0.4) is 0 Å². The van der Waals surface area contributed by atoms with E-state index in [0.717, 1.165) is 15.5 Å². The number of thioether (sulfide) groups is 1. The summed E-state index contributed by atoms with van der Waals surface area (Å²) >= 11 is 8.21. The summed E-state index contributed by atoms with van der Waals surface area (Å²) in [6.45, 7) is 10.2. The van der Waals surface area contributed by atoms with Gasteiger partial charge in [-0.25, -0.2) is 0 Å². The number of fused-ring (bicyclic) bond motifs is 2. The largest absolute Gasteiger partial charge is 0.103 e. The minimum Gasteiger partial charge on any atom is -0.103 e. The Morgan fingerprint density at radius 1 is 1.29 bits per heavy atom. The van der Waals surface area contributed by atoms with Crippen LogP contribution in [-0.4, -0.2) is 5.25 Å². The Morgan fingerprint density at radius 3 is 2.59 bits per heavy atom. The Hall–Kier alpha value is -0.840. The second kappa shape index (κ2) is 4.80. The van der Waals surface area contributed by atoms with E-state index in [2.05, 4.69) is 44.4 Å². The monoisotopic (exact) mass is 262 g/mol. The van der Waals surface area contributed by atoms with E-state index >= 15 is 0 Å². The molecular formula is C15H15ClS. The smallest absolute Gasteiger partial charge is 0.0914 e. The lowest BCUT2D eigenvalue weighted by atomic mass is 9.96. The van der Waals surface area contributed by atoms with Crippen molar-refractivity contribution in [2.24, 2.45) is 5.92 Å². The third-order valence-corrected chi connectivity index (χ3v) is 4.98. The molecule has 88 valence electrons. The van der Waals surface area contributed by atoms with Crippen LogP contribution in [0.5, 0.6) is 0 Å². The van der Waals surface area contributed by atoms with E-state index in [1.165, 1.54) is 11.1 Å². The van der Waals surface area contributed by atoms with Gasteiger partial charge >= 0.3 is 0 Å². The zero-order valence-corrected chi connectivity index (χ0v) is 11.9. The number of halogens is 1. The van der Waals surface area contributed by atoms with Gasteiger partial charge in [0.25, 0.3) is 0 Å². The van der Waals surface area contributed by atoms with Crippen molar-refractivity contribution in [1.82, 2.24) is 0 Å². The maximum Gasteiger partial charge on any atom is 0.0914 e. The number of allylic oxidation sites excluding steroid dienone is 5. The molecule has 0 amide bonds. The van der Waals surface area contributed by atoms with Crippen LogP contribution >= 0.6 is 23.4 Å². The molecule has 17 heavy (non-hydrogen) atoms. The summed E-state index contributed by atoms with van der Waals surface area (Å²) < 4.78 is 0. The van der Waals surface area contributed by atoms with Gasteiger partial charge in [-0.05, 0) is 31.9 Å². The summed E-state index contributed by atoms with van der Waals surface area (Å²) in [5.74, 6) is 6.64. The summed E-state index contributed by atoms with van der Waals surface area (Å²) in [6.07, 6.45) is 4.28. The molecule has 2 unspecified atom stereocenters. The van der Waals surface area contributed by atoms with Gasteiger partial charge in [0.05, 0.1) is 16.2 Å². The molecule has 1 heterocycles. The van der Waals surface area contributed by atoms with E-state index in [0.29, 0.717) is 0 Å². The maximum absolute atomic E-state index is 6.49. The van der Waals surface area contributed by atoms with Crippen LogP contribution in [0, 0.1) is 17.8 Å². The van der Waals surface area contributed by atoms with E-state index in [-0.39, 0.29) is 11.2 Å². The van der Waals surface area contributed by atoms with E-state index in [1.54, 1.807) is 11.8 Å². The highest BCUT2D eigenvalue weighted by molar-refractivity contribution is 8.04. The topological polar surface area (TPSA) is 0 Å². The number of hydrogen-bond acceptors (Lipinski definition) is 1. The first-order chi connectivity index (χ1) is 8.00. The minimum absolute atomic E-state index is 0.0326. The highest BCUT2D eigenvalue weighted by atomic mass is 35.5.